The van der Waals surface area contributed by atoms with E-state index in [1.54, 1.807) is 11.8 Å². The molecular formula is C14H21ClN2OS. The molecule has 3 N–H and O–H groups in total. The van der Waals surface area contributed by atoms with Gasteiger partial charge in [-0.3, -0.25) is 4.79 Å². The molecule has 1 fully saturated rings. The smallest absolute Gasteiger partial charge is 0.224 e. The summed E-state index contributed by atoms with van der Waals surface area (Å²) in [6, 6.07) is 8.12. The van der Waals surface area contributed by atoms with Gasteiger partial charge in [-0.15, -0.1) is 24.2 Å². The first kappa shape index (κ1) is 16.3. The number of thioether (sulfide) groups is 1. The van der Waals surface area contributed by atoms with Crippen molar-refractivity contribution in [2.24, 2.45) is 11.7 Å². The standard InChI is InChI=1S/C14H20N2OS.ClH/c1-18-12-6-3-5-11(9-12)16-14(17)8-10-4-2-7-13(10)15;/h3,5-6,9-10,13H,2,4,7-8,15H2,1H3,(H,16,17);1H/t10-,13+;/m0./s1. The topological polar surface area (TPSA) is 55.1 Å². The van der Waals surface area contributed by atoms with Gasteiger partial charge in [0.2, 0.25) is 5.91 Å². The van der Waals surface area contributed by atoms with Crippen molar-refractivity contribution in [3.8, 4) is 0 Å². The highest BCUT2D eigenvalue weighted by Gasteiger charge is 2.25. The summed E-state index contributed by atoms with van der Waals surface area (Å²) in [6.45, 7) is 0. The third-order valence-electron chi connectivity index (χ3n) is 3.52. The van der Waals surface area contributed by atoms with Crippen LogP contribution in [-0.4, -0.2) is 18.2 Å². The number of anilines is 1. The molecule has 1 aromatic carbocycles. The lowest BCUT2D eigenvalue weighted by atomic mass is 10.00. The van der Waals surface area contributed by atoms with E-state index >= 15 is 0 Å². The first-order chi connectivity index (χ1) is 8.69. The lowest BCUT2D eigenvalue weighted by molar-refractivity contribution is -0.117. The summed E-state index contributed by atoms with van der Waals surface area (Å²) >= 11 is 1.67. The monoisotopic (exact) mass is 300 g/mol. The predicted octanol–water partition coefficient (Wildman–Crippen LogP) is 3.29. The molecule has 3 nitrogen and oxygen atoms in total. The van der Waals surface area contributed by atoms with E-state index in [-0.39, 0.29) is 24.4 Å². The molecule has 0 bridgehead atoms. The van der Waals surface area contributed by atoms with Crippen LogP contribution in [0, 0.1) is 5.92 Å². The van der Waals surface area contributed by atoms with Crippen molar-refractivity contribution < 1.29 is 4.79 Å². The second-order valence-corrected chi connectivity index (χ2v) is 5.72. The van der Waals surface area contributed by atoms with E-state index in [2.05, 4.69) is 5.32 Å². The molecule has 1 aliphatic carbocycles. The lowest BCUT2D eigenvalue weighted by Crippen LogP contribution is -2.28. The van der Waals surface area contributed by atoms with Crippen LogP contribution in [0.25, 0.3) is 0 Å². The number of carbonyl (C=O) groups is 1. The number of rotatable bonds is 4. The lowest BCUT2D eigenvalue weighted by Gasteiger charge is -2.14. The Morgan fingerprint density at radius 1 is 1.47 bits per heavy atom. The molecule has 0 unspecified atom stereocenters. The molecule has 19 heavy (non-hydrogen) atoms. The van der Waals surface area contributed by atoms with E-state index < -0.39 is 0 Å². The Kier molecular flexibility index (Phi) is 6.69. The minimum Gasteiger partial charge on any atom is -0.327 e. The molecule has 2 rings (SSSR count). The van der Waals surface area contributed by atoms with Crippen LogP contribution in [0.5, 0.6) is 0 Å². The first-order valence-corrected chi connectivity index (χ1v) is 7.61. The van der Waals surface area contributed by atoms with E-state index in [0.29, 0.717) is 12.3 Å². The highest BCUT2D eigenvalue weighted by atomic mass is 35.5. The van der Waals surface area contributed by atoms with E-state index in [9.17, 15) is 4.79 Å². The van der Waals surface area contributed by atoms with E-state index in [1.165, 1.54) is 0 Å². The van der Waals surface area contributed by atoms with Crippen molar-refractivity contribution in [2.45, 2.75) is 36.6 Å². The molecule has 0 saturated heterocycles. The fourth-order valence-corrected chi connectivity index (χ4v) is 2.93. The fourth-order valence-electron chi connectivity index (χ4n) is 2.47. The summed E-state index contributed by atoms with van der Waals surface area (Å²) in [5.41, 5.74) is 6.86. The van der Waals surface area contributed by atoms with Crippen molar-refractivity contribution in [3.05, 3.63) is 24.3 Å². The molecule has 5 heteroatoms. The van der Waals surface area contributed by atoms with Crippen molar-refractivity contribution in [1.29, 1.82) is 0 Å². The van der Waals surface area contributed by atoms with Crippen LogP contribution in [0.4, 0.5) is 5.69 Å². The molecule has 2 atom stereocenters. The number of carbonyl (C=O) groups excluding carboxylic acids is 1. The molecule has 0 radical (unpaired) electrons. The summed E-state index contributed by atoms with van der Waals surface area (Å²) in [5.74, 6) is 0.435. The quantitative estimate of drug-likeness (QED) is 0.839. The highest BCUT2D eigenvalue weighted by Crippen LogP contribution is 2.27. The van der Waals surface area contributed by atoms with Crippen LogP contribution in [0.2, 0.25) is 0 Å². The van der Waals surface area contributed by atoms with Crippen LogP contribution in [-0.2, 0) is 4.79 Å². The van der Waals surface area contributed by atoms with Crippen molar-refractivity contribution in [1.82, 2.24) is 0 Å². The zero-order valence-corrected chi connectivity index (χ0v) is 12.7. The van der Waals surface area contributed by atoms with Gasteiger partial charge >= 0.3 is 0 Å². The van der Waals surface area contributed by atoms with Crippen molar-refractivity contribution in [3.63, 3.8) is 0 Å². The number of hydrogen-bond acceptors (Lipinski definition) is 3. The molecule has 1 aliphatic rings. The third-order valence-corrected chi connectivity index (χ3v) is 4.24. The molecule has 106 valence electrons. The van der Waals surface area contributed by atoms with Gasteiger partial charge in [-0.2, -0.15) is 0 Å². The van der Waals surface area contributed by atoms with Gasteiger partial charge in [0, 0.05) is 23.0 Å². The number of nitrogens with one attached hydrogen (secondary N) is 1. The molecule has 0 spiro atoms. The second kappa shape index (κ2) is 7.78. The van der Waals surface area contributed by atoms with E-state index in [0.717, 1.165) is 29.8 Å². The average molecular weight is 301 g/mol. The average Bonchev–Trinajstić information content (AvgIpc) is 2.75. The third kappa shape index (κ3) is 4.71. The van der Waals surface area contributed by atoms with Gasteiger partial charge in [0.05, 0.1) is 0 Å². The summed E-state index contributed by atoms with van der Waals surface area (Å²) in [5, 5.41) is 2.96. The van der Waals surface area contributed by atoms with E-state index in [4.69, 9.17) is 5.73 Å². The van der Waals surface area contributed by atoms with Crippen LogP contribution in [0.15, 0.2) is 29.2 Å². The van der Waals surface area contributed by atoms with Crippen LogP contribution in [0.3, 0.4) is 0 Å². The molecule has 0 heterocycles. The number of nitrogens with two attached hydrogens (primary N) is 1. The Balaban J connectivity index is 0.00000180. The Morgan fingerprint density at radius 3 is 2.89 bits per heavy atom. The molecule has 1 aromatic rings. The maximum absolute atomic E-state index is 11.9. The van der Waals surface area contributed by atoms with Gasteiger partial charge in [-0.05, 0) is 43.2 Å². The summed E-state index contributed by atoms with van der Waals surface area (Å²) in [7, 11) is 0. The van der Waals surface area contributed by atoms with Crippen molar-refractivity contribution in [2.75, 3.05) is 11.6 Å². The SMILES string of the molecule is CSc1cccc(NC(=O)C[C@@H]2CCC[C@H]2N)c1.Cl. The zero-order chi connectivity index (χ0) is 13.0. The number of benzene rings is 1. The Hall–Kier alpha value is -0.710. The first-order valence-electron chi connectivity index (χ1n) is 6.38. The predicted molar refractivity (Wildman–Crippen MR) is 84.0 cm³/mol. The maximum atomic E-state index is 11.9. The van der Waals surface area contributed by atoms with Gasteiger partial charge < -0.3 is 11.1 Å². The van der Waals surface area contributed by atoms with Gasteiger partial charge in [0.15, 0.2) is 0 Å². The number of amides is 1. The number of halogens is 1. The Bertz CT molecular complexity index is 428. The minimum absolute atomic E-state index is 0. The zero-order valence-electron chi connectivity index (χ0n) is 11.1. The Morgan fingerprint density at radius 2 is 2.26 bits per heavy atom. The number of hydrogen-bond donors (Lipinski definition) is 2. The summed E-state index contributed by atoms with van der Waals surface area (Å²) < 4.78 is 0. The maximum Gasteiger partial charge on any atom is 0.224 e. The molecule has 0 aliphatic heterocycles. The minimum atomic E-state index is 0. The molecule has 1 saturated carbocycles. The summed E-state index contributed by atoms with van der Waals surface area (Å²) in [6.07, 6.45) is 5.86. The van der Waals surface area contributed by atoms with E-state index in [1.807, 2.05) is 30.5 Å². The largest absolute Gasteiger partial charge is 0.327 e. The highest BCUT2D eigenvalue weighted by molar-refractivity contribution is 7.98. The van der Waals surface area contributed by atoms with Gasteiger partial charge in [-0.1, -0.05) is 12.5 Å². The van der Waals surface area contributed by atoms with Gasteiger partial charge in [-0.25, -0.2) is 0 Å². The normalized spacial score (nSPS) is 21.8. The fraction of sp³-hybridized carbons (Fsp3) is 0.500. The van der Waals surface area contributed by atoms with Gasteiger partial charge in [0.25, 0.3) is 0 Å². The van der Waals surface area contributed by atoms with Crippen LogP contribution in [0.1, 0.15) is 25.7 Å². The van der Waals surface area contributed by atoms with Gasteiger partial charge in [0.1, 0.15) is 0 Å². The van der Waals surface area contributed by atoms with Crippen molar-refractivity contribution >= 4 is 35.8 Å². The van der Waals surface area contributed by atoms with Crippen LogP contribution >= 0.6 is 24.2 Å². The van der Waals surface area contributed by atoms with Crippen LogP contribution < -0.4 is 11.1 Å². The Labute approximate surface area is 125 Å². The second-order valence-electron chi connectivity index (χ2n) is 4.84. The molecule has 0 aromatic heterocycles. The molecule has 1 amide bonds. The molecular weight excluding hydrogens is 280 g/mol. The summed E-state index contributed by atoms with van der Waals surface area (Å²) in [4.78, 5) is 13.1.